The molecule has 0 amide bonds. The van der Waals surface area contributed by atoms with Crippen LogP contribution < -0.4 is 5.32 Å². The van der Waals surface area contributed by atoms with Crippen LogP contribution in [-0.2, 0) is 11.3 Å². The zero-order valence-corrected chi connectivity index (χ0v) is 16.0. The molecule has 158 valence electrons. The fourth-order valence-electron chi connectivity index (χ4n) is 2.90. The molecule has 4 rings (SSSR count). The number of hydrogen-bond donors (Lipinski definition) is 2. The van der Waals surface area contributed by atoms with Crippen molar-refractivity contribution >= 4 is 5.97 Å². The molecule has 1 aromatic heterocycles. The molecule has 30 heavy (non-hydrogen) atoms. The van der Waals surface area contributed by atoms with E-state index in [1.54, 1.807) is 0 Å². The maximum Gasteiger partial charge on any atom is 0.490 e. The smallest absolute Gasteiger partial charge is 0.475 e. The van der Waals surface area contributed by atoms with E-state index < -0.39 is 12.1 Å². The number of benzene rings is 2. The molecule has 0 aliphatic carbocycles. The van der Waals surface area contributed by atoms with Crippen LogP contribution in [-0.4, -0.2) is 45.3 Å². The van der Waals surface area contributed by atoms with Crippen molar-refractivity contribution in [1.82, 2.24) is 20.3 Å². The van der Waals surface area contributed by atoms with Crippen LogP contribution in [0.25, 0.3) is 22.4 Å². The van der Waals surface area contributed by atoms with Gasteiger partial charge in [-0.15, -0.1) is 5.10 Å². The van der Waals surface area contributed by atoms with Gasteiger partial charge in [0.2, 0.25) is 0 Å². The van der Waals surface area contributed by atoms with E-state index in [0.29, 0.717) is 0 Å². The molecule has 2 aromatic carbocycles. The van der Waals surface area contributed by atoms with E-state index in [0.717, 1.165) is 36.8 Å². The summed E-state index contributed by atoms with van der Waals surface area (Å²) in [5.74, 6) is -1.96. The largest absolute Gasteiger partial charge is 0.490 e. The summed E-state index contributed by atoms with van der Waals surface area (Å²) in [5.41, 5.74) is 4.48. The number of aryl methyl sites for hydroxylation is 1. The molecule has 1 fully saturated rings. The van der Waals surface area contributed by atoms with Gasteiger partial charge >= 0.3 is 12.1 Å². The van der Waals surface area contributed by atoms with Gasteiger partial charge in [-0.2, -0.15) is 13.2 Å². The van der Waals surface area contributed by atoms with Gasteiger partial charge in [0.25, 0.3) is 0 Å². The molecular weight excluding hydrogens is 397 g/mol. The van der Waals surface area contributed by atoms with Crippen molar-refractivity contribution in [3.63, 3.8) is 0 Å². The Hall–Kier alpha value is -3.20. The number of carbonyl (C=O) groups is 1. The third-order valence-electron chi connectivity index (χ3n) is 4.68. The first kappa shape index (κ1) is 21.5. The van der Waals surface area contributed by atoms with E-state index in [2.05, 4.69) is 70.4 Å². The van der Waals surface area contributed by atoms with Crippen LogP contribution in [0.2, 0.25) is 0 Å². The molecule has 1 aliphatic rings. The summed E-state index contributed by atoms with van der Waals surface area (Å²) in [6.07, 6.45) is -1.87. The molecule has 2 heterocycles. The lowest BCUT2D eigenvalue weighted by molar-refractivity contribution is -0.192. The fraction of sp³-hybridized carbons (Fsp3) is 0.286. The number of hydrogen-bond acceptors (Lipinski definition) is 4. The van der Waals surface area contributed by atoms with Gasteiger partial charge in [0.15, 0.2) is 0 Å². The Morgan fingerprint density at radius 1 is 1.07 bits per heavy atom. The summed E-state index contributed by atoms with van der Waals surface area (Å²) in [6.45, 7) is 3.22. The lowest BCUT2D eigenvalue weighted by atomic mass is 10.00. The molecule has 1 aliphatic heterocycles. The minimum Gasteiger partial charge on any atom is -0.475 e. The minimum absolute atomic E-state index is 0.795. The van der Waals surface area contributed by atoms with E-state index in [-0.39, 0.29) is 0 Å². The number of carboxylic acids is 1. The molecule has 0 spiro atoms. The average molecular weight is 418 g/mol. The third kappa shape index (κ3) is 5.90. The summed E-state index contributed by atoms with van der Waals surface area (Å²) in [5, 5.41) is 19.0. The Balaban J connectivity index is 0.000000318. The third-order valence-corrected chi connectivity index (χ3v) is 4.68. The topological polar surface area (TPSA) is 80.0 Å². The molecule has 6 nitrogen and oxygen atoms in total. The first-order chi connectivity index (χ1) is 14.3. The average Bonchev–Trinajstić information content (AvgIpc) is 3.16. The highest BCUT2D eigenvalue weighted by Gasteiger charge is 2.38. The maximum atomic E-state index is 10.6. The van der Waals surface area contributed by atoms with Gasteiger partial charge in [0, 0.05) is 12.1 Å². The van der Waals surface area contributed by atoms with Crippen molar-refractivity contribution in [2.45, 2.75) is 19.1 Å². The lowest BCUT2D eigenvalue weighted by Gasteiger charge is -2.26. The zero-order chi connectivity index (χ0) is 21.6. The van der Waals surface area contributed by atoms with Gasteiger partial charge in [-0.3, -0.25) is 4.68 Å². The predicted octanol–water partition coefficient (Wildman–Crippen LogP) is 3.85. The van der Waals surface area contributed by atoms with Crippen LogP contribution in [0.15, 0.2) is 60.8 Å². The molecule has 0 unspecified atom stereocenters. The van der Waals surface area contributed by atoms with Gasteiger partial charge in [0.05, 0.1) is 6.20 Å². The minimum atomic E-state index is -5.08. The van der Waals surface area contributed by atoms with Gasteiger partial charge in [-0.25, -0.2) is 4.79 Å². The Labute approximate surface area is 171 Å². The highest BCUT2D eigenvalue weighted by molar-refractivity contribution is 5.73. The first-order valence-corrected chi connectivity index (χ1v) is 9.40. The van der Waals surface area contributed by atoms with Crippen LogP contribution in [0.3, 0.4) is 0 Å². The van der Waals surface area contributed by atoms with Crippen LogP contribution in [0.4, 0.5) is 13.2 Å². The molecule has 0 atom stereocenters. The van der Waals surface area contributed by atoms with Gasteiger partial charge in [-0.05, 0) is 42.6 Å². The number of nitrogens with zero attached hydrogens (tertiary/aromatic N) is 3. The number of aliphatic carboxylic acids is 1. The van der Waals surface area contributed by atoms with E-state index in [1.807, 2.05) is 10.7 Å². The summed E-state index contributed by atoms with van der Waals surface area (Å²) in [6, 6.07) is 18.9. The number of alkyl halides is 3. The maximum absolute atomic E-state index is 10.6. The summed E-state index contributed by atoms with van der Waals surface area (Å²) < 4.78 is 33.7. The summed E-state index contributed by atoms with van der Waals surface area (Å²) in [7, 11) is 0. The van der Waals surface area contributed by atoms with Crippen molar-refractivity contribution in [2.24, 2.45) is 5.92 Å². The highest BCUT2D eigenvalue weighted by atomic mass is 19.4. The van der Waals surface area contributed by atoms with E-state index >= 15 is 0 Å². The van der Waals surface area contributed by atoms with Crippen molar-refractivity contribution in [3.8, 4) is 22.4 Å². The second-order valence-electron chi connectivity index (χ2n) is 6.93. The first-order valence-electron chi connectivity index (χ1n) is 9.40. The molecule has 1 saturated heterocycles. The molecule has 0 saturated carbocycles. The second kappa shape index (κ2) is 9.53. The Morgan fingerprint density at radius 3 is 2.30 bits per heavy atom. The SMILES string of the molecule is O=C(O)C(F)(F)F.c1ccc(-c2cccc(-c3cn(CCC4CNC4)nn3)c2)cc1. The summed E-state index contributed by atoms with van der Waals surface area (Å²) >= 11 is 0. The van der Waals surface area contributed by atoms with Crippen LogP contribution in [0.1, 0.15) is 6.42 Å². The van der Waals surface area contributed by atoms with Gasteiger partial charge < -0.3 is 10.4 Å². The van der Waals surface area contributed by atoms with E-state index in [1.165, 1.54) is 17.5 Å². The quantitative estimate of drug-likeness (QED) is 0.658. The Morgan fingerprint density at radius 2 is 1.70 bits per heavy atom. The van der Waals surface area contributed by atoms with Crippen molar-refractivity contribution < 1.29 is 23.1 Å². The van der Waals surface area contributed by atoms with Crippen LogP contribution in [0.5, 0.6) is 0 Å². The zero-order valence-electron chi connectivity index (χ0n) is 16.0. The van der Waals surface area contributed by atoms with Gasteiger partial charge in [-0.1, -0.05) is 53.7 Å². The Kier molecular flexibility index (Phi) is 6.83. The standard InChI is InChI=1S/C19H20N4.C2HF3O2/c1-2-5-16(6-3-1)17-7-4-8-18(11-17)19-14-23(22-21-19)10-9-15-12-20-13-15;3-2(4,5)1(6)7/h1-8,11,14-15,20H,9-10,12-13H2;(H,6,7). The molecule has 3 aromatic rings. The molecule has 0 radical (unpaired) electrons. The molecular formula is C21H21F3N4O2. The van der Waals surface area contributed by atoms with Crippen LogP contribution in [0, 0.1) is 5.92 Å². The monoisotopic (exact) mass is 418 g/mol. The lowest BCUT2D eigenvalue weighted by Crippen LogP contribution is -2.42. The Bertz CT molecular complexity index is 970. The van der Waals surface area contributed by atoms with Crippen LogP contribution >= 0.6 is 0 Å². The number of carboxylic acid groups (broad SMARTS) is 1. The summed E-state index contributed by atoms with van der Waals surface area (Å²) in [4.78, 5) is 8.90. The van der Waals surface area contributed by atoms with Crippen molar-refractivity contribution in [1.29, 1.82) is 0 Å². The number of halogens is 3. The normalized spacial score (nSPS) is 13.8. The van der Waals surface area contributed by atoms with Crippen molar-refractivity contribution in [2.75, 3.05) is 13.1 Å². The van der Waals surface area contributed by atoms with E-state index in [4.69, 9.17) is 9.90 Å². The molecule has 0 bridgehead atoms. The number of nitrogens with one attached hydrogen (secondary N) is 1. The fourth-order valence-corrected chi connectivity index (χ4v) is 2.90. The van der Waals surface area contributed by atoms with Gasteiger partial charge in [0.1, 0.15) is 5.69 Å². The van der Waals surface area contributed by atoms with Crippen molar-refractivity contribution in [3.05, 3.63) is 60.8 Å². The molecule has 2 N–H and O–H groups in total. The highest BCUT2D eigenvalue weighted by Crippen LogP contribution is 2.25. The predicted molar refractivity (Wildman–Crippen MR) is 106 cm³/mol. The molecule has 9 heteroatoms. The second-order valence-corrected chi connectivity index (χ2v) is 6.93. The number of rotatable bonds is 5. The number of aromatic nitrogens is 3. The van der Waals surface area contributed by atoms with E-state index in [9.17, 15) is 13.2 Å².